The van der Waals surface area contributed by atoms with Crippen LogP contribution in [0.5, 0.6) is 11.5 Å². The van der Waals surface area contributed by atoms with Gasteiger partial charge in [0.15, 0.2) is 11.5 Å². The normalized spacial score (nSPS) is 11.3. The third kappa shape index (κ3) is 6.12. The highest BCUT2D eigenvalue weighted by Crippen LogP contribution is 2.31. The number of benzene rings is 3. The van der Waals surface area contributed by atoms with Crippen molar-refractivity contribution in [3.05, 3.63) is 82.4 Å². The summed E-state index contributed by atoms with van der Waals surface area (Å²) in [5.74, 6) is 0.439. The molecular weight excluding hydrogens is 490 g/mol. The van der Waals surface area contributed by atoms with Gasteiger partial charge in [0.05, 0.1) is 31.0 Å². The Labute approximate surface area is 210 Å². The van der Waals surface area contributed by atoms with E-state index in [1.165, 1.54) is 32.6 Å². The van der Waals surface area contributed by atoms with Gasteiger partial charge in [-0.15, -0.1) is 0 Å². The van der Waals surface area contributed by atoms with Crippen molar-refractivity contribution in [2.45, 2.75) is 18.7 Å². The van der Waals surface area contributed by atoms with E-state index in [0.29, 0.717) is 33.3 Å². The molecule has 0 saturated heterocycles. The molecule has 0 fully saturated rings. The van der Waals surface area contributed by atoms with Gasteiger partial charge in [-0.3, -0.25) is 9.10 Å². The molecule has 3 aromatic rings. The Bertz CT molecular complexity index is 1340. The van der Waals surface area contributed by atoms with Crippen LogP contribution in [0.4, 0.5) is 5.69 Å². The SMILES string of the molecule is COc1ccc(/C=N\NC(=O)CN(c2cccc(Cl)c2C)S(=O)(=O)c2ccc(C)cc2)cc1OC. The summed E-state index contributed by atoms with van der Waals surface area (Å²) in [4.78, 5) is 12.8. The number of carbonyl (C=O) groups is 1. The van der Waals surface area contributed by atoms with Crippen LogP contribution < -0.4 is 19.2 Å². The molecule has 0 spiro atoms. The summed E-state index contributed by atoms with van der Waals surface area (Å²) in [5.41, 5.74) is 4.78. The van der Waals surface area contributed by atoms with Gasteiger partial charge in [0.25, 0.3) is 15.9 Å². The molecule has 35 heavy (non-hydrogen) atoms. The van der Waals surface area contributed by atoms with Crippen LogP contribution in [0.1, 0.15) is 16.7 Å². The number of halogens is 1. The average molecular weight is 516 g/mol. The lowest BCUT2D eigenvalue weighted by Crippen LogP contribution is -2.40. The minimum Gasteiger partial charge on any atom is -0.493 e. The Morgan fingerprint density at radius 1 is 1.03 bits per heavy atom. The maximum atomic E-state index is 13.5. The smallest absolute Gasteiger partial charge is 0.264 e. The predicted octanol–water partition coefficient (Wildman–Crippen LogP) is 4.32. The number of anilines is 1. The van der Waals surface area contributed by atoms with Gasteiger partial charge in [-0.05, 0) is 67.4 Å². The average Bonchev–Trinajstić information content (AvgIpc) is 2.84. The number of hydrogen-bond donors (Lipinski definition) is 1. The highest BCUT2D eigenvalue weighted by Gasteiger charge is 2.28. The van der Waals surface area contributed by atoms with Gasteiger partial charge in [-0.1, -0.05) is 35.4 Å². The highest BCUT2D eigenvalue weighted by atomic mass is 35.5. The van der Waals surface area contributed by atoms with E-state index in [0.717, 1.165) is 9.87 Å². The van der Waals surface area contributed by atoms with Crippen molar-refractivity contribution in [3.8, 4) is 11.5 Å². The monoisotopic (exact) mass is 515 g/mol. The maximum Gasteiger partial charge on any atom is 0.264 e. The number of nitrogens with one attached hydrogen (secondary N) is 1. The van der Waals surface area contributed by atoms with Crippen molar-refractivity contribution in [2.24, 2.45) is 5.10 Å². The van der Waals surface area contributed by atoms with Gasteiger partial charge in [0.1, 0.15) is 6.54 Å². The first-order valence-electron chi connectivity index (χ1n) is 10.6. The topological polar surface area (TPSA) is 97.3 Å². The second kappa shape index (κ2) is 11.2. The van der Waals surface area contributed by atoms with Crippen LogP contribution >= 0.6 is 11.6 Å². The molecule has 0 aliphatic carbocycles. The molecule has 0 bridgehead atoms. The van der Waals surface area contributed by atoms with Crippen LogP contribution in [0.3, 0.4) is 0 Å². The zero-order chi connectivity index (χ0) is 25.6. The van der Waals surface area contributed by atoms with Crippen molar-refractivity contribution >= 4 is 39.4 Å². The lowest BCUT2D eigenvalue weighted by molar-refractivity contribution is -0.119. The molecule has 0 radical (unpaired) electrons. The van der Waals surface area contributed by atoms with E-state index in [2.05, 4.69) is 10.5 Å². The number of nitrogens with zero attached hydrogens (tertiary/aromatic N) is 2. The lowest BCUT2D eigenvalue weighted by Gasteiger charge is -2.25. The summed E-state index contributed by atoms with van der Waals surface area (Å²) >= 11 is 6.24. The molecule has 1 N–H and O–H groups in total. The van der Waals surface area contributed by atoms with E-state index >= 15 is 0 Å². The third-order valence-corrected chi connectivity index (χ3v) is 7.40. The summed E-state index contributed by atoms with van der Waals surface area (Å²) < 4.78 is 38.5. The molecule has 0 aliphatic rings. The Morgan fingerprint density at radius 2 is 1.71 bits per heavy atom. The van der Waals surface area contributed by atoms with Crippen LogP contribution in [-0.4, -0.2) is 41.3 Å². The van der Waals surface area contributed by atoms with E-state index < -0.39 is 22.5 Å². The summed E-state index contributed by atoms with van der Waals surface area (Å²) in [6.07, 6.45) is 1.42. The van der Waals surface area contributed by atoms with Crippen molar-refractivity contribution in [2.75, 3.05) is 25.1 Å². The minimum atomic E-state index is -4.07. The van der Waals surface area contributed by atoms with Gasteiger partial charge >= 0.3 is 0 Å². The summed E-state index contributed by atoms with van der Waals surface area (Å²) in [5, 5.41) is 4.34. The molecule has 0 aliphatic heterocycles. The molecule has 8 nitrogen and oxygen atoms in total. The van der Waals surface area contributed by atoms with Crippen LogP contribution in [0.15, 0.2) is 70.7 Å². The fourth-order valence-electron chi connectivity index (χ4n) is 3.28. The molecule has 0 aromatic heterocycles. The lowest BCUT2D eigenvalue weighted by atomic mass is 10.2. The molecule has 10 heteroatoms. The number of hydrogen-bond acceptors (Lipinski definition) is 6. The first-order chi connectivity index (χ1) is 16.7. The number of aryl methyl sites for hydroxylation is 1. The summed E-state index contributed by atoms with van der Waals surface area (Å²) in [6.45, 7) is 3.06. The number of sulfonamides is 1. The van der Waals surface area contributed by atoms with Crippen molar-refractivity contribution in [1.82, 2.24) is 5.43 Å². The highest BCUT2D eigenvalue weighted by molar-refractivity contribution is 7.92. The quantitative estimate of drug-likeness (QED) is 0.338. The maximum absolute atomic E-state index is 13.5. The Kier molecular flexibility index (Phi) is 8.37. The van der Waals surface area contributed by atoms with E-state index in [4.69, 9.17) is 21.1 Å². The largest absolute Gasteiger partial charge is 0.493 e. The predicted molar refractivity (Wildman–Crippen MR) is 137 cm³/mol. The minimum absolute atomic E-state index is 0.0594. The molecule has 0 saturated carbocycles. The number of carbonyl (C=O) groups excluding carboxylic acids is 1. The fourth-order valence-corrected chi connectivity index (χ4v) is 4.93. The number of amides is 1. The second-order valence-electron chi connectivity index (χ2n) is 7.62. The van der Waals surface area contributed by atoms with E-state index in [-0.39, 0.29) is 4.90 Å². The fraction of sp³-hybridized carbons (Fsp3) is 0.200. The molecule has 1 amide bonds. The third-order valence-electron chi connectivity index (χ3n) is 5.21. The second-order valence-corrected chi connectivity index (χ2v) is 9.89. The van der Waals surface area contributed by atoms with Crippen LogP contribution in [-0.2, 0) is 14.8 Å². The summed E-state index contributed by atoms with van der Waals surface area (Å²) in [7, 11) is -1.02. The molecule has 0 heterocycles. The molecule has 0 unspecified atom stereocenters. The van der Waals surface area contributed by atoms with Gasteiger partial charge in [0, 0.05) is 5.02 Å². The van der Waals surface area contributed by atoms with E-state index in [1.54, 1.807) is 55.5 Å². The van der Waals surface area contributed by atoms with Crippen LogP contribution in [0.2, 0.25) is 5.02 Å². The van der Waals surface area contributed by atoms with Gasteiger partial charge in [0.2, 0.25) is 0 Å². The number of hydrazone groups is 1. The van der Waals surface area contributed by atoms with E-state index in [9.17, 15) is 13.2 Å². The van der Waals surface area contributed by atoms with Crippen molar-refractivity contribution in [3.63, 3.8) is 0 Å². The first-order valence-corrected chi connectivity index (χ1v) is 12.4. The van der Waals surface area contributed by atoms with Gasteiger partial charge in [-0.25, -0.2) is 13.8 Å². The van der Waals surface area contributed by atoms with Gasteiger partial charge in [-0.2, -0.15) is 5.10 Å². The molecule has 184 valence electrons. The zero-order valence-electron chi connectivity index (χ0n) is 19.8. The Morgan fingerprint density at radius 3 is 2.37 bits per heavy atom. The van der Waals surface area contributed by atoms with E-state index in [1.807, 2.05) is 6.92 Å². The Hall–Kier alpha value is -3.56. The number of rotatable bonds is 9. The summed E-state index contributed by atoms with van der Waals surface area (Å²) in [6, 6.07) is 16.4. The van der Waals surface area contributed by atoms with Crippen molar-refractivity contribution < 1.29 is 22.7 Å². The molecule has 3 rings (SSSR count). The van der Waals surface area contributed by atoms with Crippen LogP contribution in [0.25, 0.3) is 0 Å². The standard InChI is InChI=1S/C25H26ClN3O5S/c1-17-8-11-20(12-9-17)35(31,32)29(22-7-5-6-21(26)18(22)2)16-25(30)28-27-15-19-10-13-23(33-3)24(14-19)34-4/h5-15H,16H2,1-4H3,(H,28,30)/b27-15-. The zero-order valence-corrected chi connectivity index (χ0v) is 21.4. The van der Waals surface area contributed by atoms with Crippen LogP contribution in [0, 0.1) is 13.8 Å². The molecule has 0 atom stereocenters. The molecular formula is C25H26ClN3O5S. The number of ether oxygens (including phenoxy) is 2. The Balaban J connectivity index is 1.86. The first kappa shape index (κ1) is 26.1. The van der Waals surface area contributed by atoms with Crippen molar-refractivity contribution in [1.29, 1.82) is 0 Å². The molecule has 3 aromatic carbocycles. The van der Waals surface area contributed by atoms with Gasteiger partial charge < -0.3 is 9.47 Å². The number of methoxy groups -OCH3 is 2.